The molecular formula is C11H15NO3. The highest BCUT2D eigenvalue weighted by atomic mass is 16.7. The number of hydrogen-bond donors (Lipinski definition) is 1. The Hall–Kier alpha value is -1.42. The van der Waals surface area contributed by atoms with Crippen molar-refractivity contribution in [3.63, 3.8) is 0 Å². The molecule has 1 heterocycles. The molecule has 0 saturated carbocycles. The van der Waals surface area contributed by atoms with Crippen LogP contribution in [0.4, 0.5) is 0 Å². The van der Waals surface area contributed by atoms with Crippen LogP contribution < -0.4 is 19.9 Å². The Kier molecular flexibility index (Phi) is 2.23. The standard InChI is InChI=1S/C11H15NO3/c1-11(2,12)9-7(13-3)4-5-8-10(9)15-6-14-8/h4-5H,6,12H2,1-3H3. The summed E-state index contributed by atoms with van der Waals surface area (Å²) in [4.78, 5) is 0. The number of fused-ring (bicyclic) bond motifs is 1. The van der Waals surface area contributed by atoms with E-state index in [-0.39, 0.29) is 6.79 Å². The van der Waals surface area contributed by atoms with Gasteiger partial charge in [-0.1, -0.05) is 0 Å². The minimum atomic E-state index is -0.523. The molecule has 1 aromatic carbocycles. The first kappa shape index (κ1) is 10.1. The SMILES string of the molecule is COc1ccc2c(c1C(C)(C)N)OCO2. The van der Waals surface area contributed by atoms with Gasteiger partial charge in [-0.05, 0) is 26.0 Å². The van der Waals surface area contributed by atoms with Crippen molar-refractivity contribution in [2.75, 3.05) is 13.9 Å². The van der Waals surface area contributed by atoms with E-state index in [2.05, 4.69) is 0 Å². The van der Waals surface area contributed by atoms with E-state index in [1.807, 2.05) is 26.0 Å². The predicted octanol–water partition coefficient (Wildman–Crippen LogP) is 1.62. The van der Waals surface area contributed by atoms with E-state index in [1.54, 1.807) is 7.11 Å². The summed E-state index contributed by atoms with van der Waals surface area (Å²) in [5.41, 5.74) is 6.41. The van der Waals surface area contributed by atoms with E-state index in [0.717, 1.165) is 17.1 Å². The van der Waals surface area contributed by atoms with E-state index in [1.165, 1.54) is 0 Å². The largest absolute Gasteiger partial charge is 0.496 e. The van der Waals surface area contributed by atoms with Crippen LogP contribution in [0.15, 0.2) is 12.1 Å². The maximum absolute atomic E-state index is 6.09. The van der Waals surface area contributed by atoms with Crippen molar-refractivity contribution in [3.8, 4) is 17.2 Å². The van der Waals surface area contributed by atoms with Crippen LogP contribution in [-0.4, -0.2) is 13.9 Å². The molecule has 0 aromatic heterocycles. The molecule has 0 aliphatic carbocycles. The third-order valence-electron chi connectivity index (χ3n) is 2.37. The van der Waals surface area contributed by atoms with Crippen LogP contribution in [0.1, 0.15) is 19.4 Å². The van der Waals surface area contributed by atoms with Gasteiger partial charge >= 0.3 is 0 Å². The lowest BCUT2D eigenvalue weighted by Crippen LogP contribution is -2.29. The molecule has 0 atom stereocenters. The smallest absolute Gasteiger partial charge is 0.231 e. The molecule has 82 valence electrons. The van der Waals surface area contributed by atoms with Crippen LogP contribution in [0.2, 0.25) is 0 Å². The minimum Gasteiger partial charge on any atom is -0.496 e. The number of hydrogen-bond acceptors (Lipinski definition) is 4. The first-order valence-corrected chi connectivity index (χ1v) is 4.80. The molecule has 2 N–H and O–H groups in total. The van der Waals surface area contributed by atoms with Gasteiger partial charge in [0, 0.05) is 5.54 Å². The van der Waals surface area contributed by atoms with Crippen molar-refractivity contribution in [2.24, 2.45) is 5.73 Å². The van der Waals surface area contributed by atoms with E-state index < -0.39 is 5.54 Å². The van der Waals surface area contributed by atoms with Crippen LogP contribution in [0.25, 0.3) is 0 Å². The van der Waals surface area contributed by atoms with Gasteiger partial charge in [0.1, 0.15) is 5.75 Å². The van der Waals surface area contributed by atoms with Crippen molar-refractivity contribution in [1.29, 1.82) is 0 Å². The quantitative estimate of drug-likeness (QED) is 0.804. The molecule has 0 radical (unpaired) electrons. The first-order valence-electron chi connectivity index (χ1n) is 4.80. The second kappa shape index (κ2) is 3.31. The fourth-order valence-corrected chi connectivity index (χ4v) is 1.73. The summed E-state index contributed by atoms with van der Waals surface area (Å²) in [5.74, 6) is 2.15. The van der Waals surface area contributed by atoms with Crippen molar-refractivity contribution >= 4 is 0 Å². The molecule has 0 spiro atoms. The van der Waals surface area contributed by atoms with Crippen LogP contribution >= 0.6 is 0 Å². The Balaban J connectivity index is 2.63. The van der Waals surface area contributed by atoms with Gasteiger partial charge < -0.3 is 19.9 Å². The zero-order valence-corrected chi connectivity index (χ0v) is 9.16. The highest BCUT2D eigenvalue weighted by Crippen LogP contribution is 2.44. The second-order valence-electron chi connectivity index (χ2n) is 4.10. The van der Waals surface area contributed by atoms with Gasteiger partial charge in [0.25, 0.3) is 0 Å². The van der Waals surface area contributed by atoms with Crippen molar-refractivity contribution in [3.05, 3.63) is 17.7 Å². The van der Waals surface area contributed by atoms with Gasteiger partial charge in [0.05, 0.1) is 12.7 Å². The molecule has 4 heteroatoms. The van der Waals surface area contributed by atoms with Crippen LogP contribution in [-0.2, 0) is 5.54 Å². The lowest BCUT2D eigenvalue weighted by Gasteiger charge is -2.23. The van der Waals surface area contributed by atoms with Gasteiger partial charge in [0.2, 0.25) is 6.79 Å². The summed E-state index contributed by atoms with van der Waals surface area (Å²) in [5, 5.41) is 0. The summed E-state index contributed by atoms with van der Waals surface area (Å²) >= 11 is 0. The topological polar surface area (TPSA) is 53.7 Å². The minimum absolute atomic E-state index is 0.242. The molecule has 1 aromatic rings. The summed E-state index contributed by atoms with van der Waals surface area (Å²) in [7, 11) is 1.62. The molecule has 0 bridgehead atoms. The Labute approximate surface area is 88.9 Å². The molecule has 1 aliphatic heterocycles. The van der Waals surface area contributed by atoms with Gasteiger partial charge in [-0.15, -0.1) is 0 Å². The Morgan fingerprint density at radius 1 is 1.33 bits per heavy atom. The Morgan fingerprint density at radius 3 is 2.67 bits per heavy atom. The van der Waals surface area contributed by atoms with Crippen LogP contribution in [0, 0.1) is 0 Å². The zero-order valence-electron chi connectivity index (χ0n) is 9.16. The molecule has 2 rings (SSSR count). The van der Waals surface area contributed by atoms with Crippen molar-refractivity contribution in [1.82, 2.24) is 0 Å². The van der Waals surface area contributed by atoms with E-state index >= 15 is 0 Å². The summed E-state index contributed by atoms with van der Waals surface area (Å²) in [6, 6.07) is 3.67. The van der Waals surface area contributed by atoms with Gasteiger partial charge in [-0.25, -0.2) is 0 Å². The van der Waals surface area contributed by atoms with E-state index in [4.69, 9.17) is 19.9 Å². The molecule has 0 fully saturated rings. The third kappa shape index (κ3) is 1.61. The monoisotopic (exact) mass is 209 g/mol. The fourth-order valence-electron chi connectivity index (χ4n) is 1.73. The number of rotatable bonds is 2. The predicted molar refractivity (Wildman–Crippen MR) is 56.3 cm³/mol. The summed E-state index contributed by atoms with van der Waals surface area (Å²) in [6.45, 7) is 4.06. The molecule has 4 nitrogen and oxygen atoms in total. The van der Waals surface area contributed by atoms with Gasteiger partial charge in [0.15, 0.2) is 11.5 Å². The van der Waals surface area contributed by atoms with Gasteiger partial charge in [-0.2, -0.15) is 0 Å². The summed E-state index contributed by atoms with van der Waals surface area (Å²) in [6.07, 6.45) is 0. The molecule has 0 amide bonds. The number of ether oxygens (including phenoxy) is 3. The normalized spacial score (nSPS) is 14.1. The second-order valence-corrected chi connectivity index (χ2v) is 4.10. The summed E-state index contributed by atoms with van der Waals surface area (Å²) < 4.78 is 16.0. The average Bonchev–Trinajstić information content (AvgIpc) is 2.61. The number of nitrogens with two attached hydrogens (primary N) is 1. The molecular weight excluding hydrogens is 194 g/mol. The highest BCUT2D eigenvalue weighted by molar-refractivity contribution is 5.57. The van der Waals surface area contributed by atoms with Crippen molar-refractivity contribution in [2.45, 2.75) is 19.4 Å². The molecule has 1 aliphatic rings. The lowest BCUT2D eigenvalue weighted by molar-refractivity contribution is 0.172. The fraction of sp³-hybridized carbons (Fsp3) is 0.455. The maximum atomic E-state index is 6.09. The molecule has 0 saturated heterocycles. The van der Waals surface area contributed by atoms with Crippen LogP contribution in [0.3, 0.4) is 0 Å². The molecule has 0 unspecified atom stereocenters. The Bertz CT molecular complexity index is 382. The molecule has 15 heavy (non-hydrogen) atoms. The first-order chi connectivity index (χ1) is 7.04. The lowest BCUT2D eigenvalue weighted by atomic mass is 9.93. The average molecular weight is 209 g/mol. The third-order valence-corrected chi connectivity index (χ3v) is 2.37. The maximum Gasteiger partial charge on any atom is 0.231 e. The van der Waals surface area contributed by atoms with Crippen molar-refractivity contribution < 1.29 is 14.2 Å². The Morgan fingerprint density at radius 2 is 2.07 bits per heavy atom. The number of methoxy groups -OCH3 is 1. The van der Waals surface area contributed by atoms with E-state index in [9.17, 15) is 0 Å². The number of benzene rings is 1. The van der Waals surface area contributed by atoms with Crippen LogP contribution in [0.5, 0.6) is 17.2 Å². The van der Waals surface area contributed by atoms with E-state index in [0.29, 0.717) is 5.75 Å². The zero-order chi connectivity index (χ0) is 11.1. The highest BCUT2D eigenvalue weighted by Gasteiger charge is 2.29. The van der Waals surface area contributed by atoms with Gasteiger partial charge in [-0.3, -0.25) is 0 Å².